The third kappa shape index (κ3) is 3.82. The molecule has 0 heterocycles. The summed E-state index contributed by atoms with van der Waals surface area (Å²) in [7, 11) is 0. The average molecular weight is 94.1 g/mol. The minimum atomic E-state index is -2.93. The molecule has 0 bridgehead atoms. The summed E-state index contributed by atoms with van der Waals surface area (Å²) >= 11 is 0. The second-order valence-electron chi connectivity index (χ2n) is 1.06. The van der Waals surface area contributed by atoms with E-state index in [1.54, 1.807) is 0 Å². The fourth-order valence-corrected chi connectivity index (χ4v) is 0. The minimum Gasteiger partial charge on any atom is -0.325 e. The van der Waals surface area contributed by atoms with Crippen LogP contribution in [0.3, 0.4) is 0 Å². The number of halogens is 2. The third-order valence-electron chi connectivity index (χ3n) is 0.299. The highest BCUT2D eigenvalue weighted by atomic mass is 19.3. The van der Waals surface area contributed by atoms with E-state index in [-0.39, 0.29) is 0 Å². The molecule has 0 spiro atoms. The zero-order valence-electron chi connectivity index (χ0n) is 3.25. The Morgan fingerprint density at radius 2 is 1.83 bits per heavy atom. The van der Waals surface area contributed by atoms with Crippen LogP contribution >= 0.6 is 0 Å². The molecular weight excluding hydrogens is 88.0 g/mol. The van der Waals surface area contributed by atoms with Crippen molar-refractivity contribution in [2.45, 2.75) is 5.92 Å². The van der Waals surface area contributed by atoms with Crippen molar-refractivity contribution in [1.82, 2.24) is 0 Å². The normalized spacial score (nSPS) is 12.0. The van der Waals surface area contributed by atoms with E-state index < -0.39 is 12.5 Å². The van der Waals surface area contributed by atoms with Crippen LogP contribution < -0.4 is 5.73 Å². The number of hydrogen-bond donors (Lipinski definition) is 1. The molecule has 0 aliphatic rings. The third-order valence-corrected chi connectivity index (χ3v) is 0.299. The molecule has 0 saturated carbocycles. The lowest BCUT2D eigenvalue weighted by Crippen LogP contribution is -2.23. The lowest BCUT2D eigenvalue weighted by Gasteiger charge is -2.01. The standard InChI is InChI=1S/C3H6F2N/c1-3(4,5)2-6/h1-2,6H2. The maximum atomic E-state index is 11.2. The van der Waals surface area contributed by atoms with Crippen LogP contribution in [0.4, 0.5) is 8.78 Å². The summed E-state index contributed by atoms with van der Waals surface area (Å²) in [5.41, 5.74) is 4.49. The lowest BCUT2D eigenvalue weighted by molar-refractivity contribution is 0.0620. The summed E-state index contributed by atoms with van der Waals surface area (Å²) in [6, 6.07) is 0. The fraction of sp³-hybridized carbons (Fsp3) is 0.667. The largest absolute Gasteiger partial charge is 0.325 e. The lowest BCUT2D eigenvalue weighted by atomic mass is 10.4. The SMILES string of the molecule is [CH2]C(F)(F)CN. The Morgan fingerprint density at radius 1 is 1.67 bits per heavy atom. The van der Waals surface area contributed by atoms with Crippen molar-refractivity contribution in [3.63, 3.8) is 0 Å². The van der Waals surface area contributed by atoms with Gasteiger partial charge in [-0.05, 0) is 0 Å². The summed E-state index contributed by atoms with van der Waals surface area (Å²) < 4.78 is 22.4. The first-order valence-electron chi connectivity index (χ1n) is 1.49. The van der Waals surface area contributed by atoms with Crippen LogP contribution in [0.25, 0.3) is 0 Å². The Labute approximate surface area is 35.1 Å². The molecular formula is C3H6F2N. The number of rotatable bonds is 1. The van der Waals surface area contributed by atoms with E-state index in [4.69, 9.17) is 0 Å². The van der Waals surface area contributed by atoms with E-state index in [0.29, 0.717) is 0 Å². The van der Waals surface area contributed by atoms with E-state index in [2.05, 4.69) is 12.7 Å². The van der Waals surface area contributed by atoms with E-state index in [1.807, 2.05) is 0 Å². The number of alkyl halides is 2. The van der Waals surface area contributed by atoms with Crippen LogP contribution in [0.1, 0.15) is 0 Å². The van der Waals surface area contributed by atoms with Gasteiger partial charge in [-0.3, -0.25) is 0 Å². The maximum Gasteiger partial charge on any atom is 0.260 e. The van der Waals surface area contributed by atoms with Gasteiger partial charge in [0.15, 0.2) is 0 Å². The van der Waals surface area contributed by atoms with Gasteiger partial charge in [0.05, 0.1) is 6.54 Å². The van der Waals surface area contributed by atoms with Crippen molar-refractivity contribution < 1.29 is 8.78 Å². The molecule has 1 nitrogen and oxygen atoms in total. The number of hydrogen-bond acceptors (Lipinski definition) is 1. The average Bonchev–Trinajstić information content (AvgIpc) is 1.35. The molecule has 0 amide bonds. The monoisotopic (exact) mass is 94.0 g/mol. The van der Waals surface area contributed by atoms with Gasteiger partial charge < -0.3 is 5.73 Å². The van der Waals surface area contributed by atoms with E-state index in [1.165, 1.54) is 0 Å². The van der Waals surface area contributed by atoms with Crippen LogP contribution in [0.5, 0.6) is 0 Å². The first-order chi connectivity index (χ1) is 2.56. The summed E-state index contributed by atoms with van der Waals surface area (Å²) in [4.78, 5) is 0. The van der Waals surface area contributed by atoms with Gasteiger partial charge in [0.2, 0.25) is 0 Å². The van der Waals surface area contributed by atoms with Gasteiger partial charge in [0.25, 0.3) is 5.92 Å². The van der Waals surface area contributed by atoms with Crippen LogP contribution in [-0.2, 0) is 0 Å². The molecule has 6 heavy (non-hydrogen) atoms. The van der Waals surface area contributed by atoms with E-state index in [0.717, 1.165) is 0 Å². The Bertz CT molecular complexity index is 38.5. The van der Waals surface area contributed by atoms with Crippen molar-refractivity contribution in [3.05, 3.63) is 6.92 Å². The highest BCUT2D eigenvalue weighted by molar-refractivity contribution is 4.67. The molecule has 0 saturated heterocycles. The van der Waals surface area contributed by atoms with Gasteiger partial charge in [-0.1, -0.05) is 0 Å². The van der Waals surface area contributed by atoms with Gasteiger partial charge in [0.1, 0.15) is 0 Å². The molecule has 3 heteroatoms. The Hall–Kier alpha value is -0.180. The summed E-state index contributed by atoms with van der Waals surface area (Å²) in [5, 5.41) is 0. The first-order valence-corrected chi connectivity index (χ1v) is 1.49. The zero-order chi connectivity index (χ0) is 5.21. The van der Waals surface area contributed by atoms with Crippen molar-refractivity contribution in [2.24, 2.45) is 5.73 Å². The topological polar surface area (TPSA) is 26.0 Å². The van der Waals surface area contributed by atoms with Crippen LogP contribution in [-0.4, -0.2) is 12.5 Å². The summed E-state index contributed by atoms with van der Waals surface area (Å²) in [6.07, 6.45) is 0. The first kappa shape index (κ1) is 5.82. The Morgan fingerprint density at radius 3 is 1.83 bits per heavy atom. The predicted octanol–water partition coefficient (Wildman–Crippen LogP) is 0.414. The highest BCUT2D eigenvalue weighted by Gasteiger charge is 2.16. The predicted molar refractivity (Wildman–Crippen MR) is 19.4 cm³/mol. The second kappa shape index (κ2) is 1.51. The molecule has 0 aromatic carbocycles. The molecule has 37 valence electrons. The number of nitrogens with two attached hydrogens (primary N) is 1. The smallest absolute Gasteiger partial charge is 0.260 e. The molecule has 0 aromatic rings. The van der Waals surface area contributed by atoms with Crippen LogP contribution in [0.2, 0.25) is 0 Å². The van der Waals surface area contributed by atoms with Crippen molar-refractivity contribution in [2.75, 3.05) is 6.54 Å². The quantitative estimate of drug-likeness (QED) is 0.500. The highest BCUT2D eigenvalue weighted by Crippen LogP contribution is 2.05. The molecule has 0 aromatic heterocycles. The van der Waals surface area contributed by atoms with Gasteiger partial charge in [-0.2, -0.15) is 0 Å². The summed E-state index contributed by atoms with van der Waals surface area (Å²) in [5.74, 6) is -2.93. The van der Waals surface area contributed by atoms with Crippen LogP contribution in [0.15, 0.2) is 0 Å². The van der Waals surface area contributed by atoms with Crippen LogP contribution in [0, 0.1) is 6.92 Å². The molecule has 0 aliphatic heterocycles. The van der Waals surface area contributed by atoms with Gasteiger partial charge in [-0.25, -0.2) is 8.78 Å². The minimum absolute atomic E-state index is 0.674. The Balaban J connectivity index is 3.17. The molecule has 1 radical (unpaired) electrons. The maximum absolute atomic E-state index is 11.2. The van der Waals surface area contributed by atoms with Gasteiger partial charge in [0, 0.05) is 6.92 Å². The fourth-order valence-electron chi connectivity index (χ4n) is 0. The van der Waals surface area contributed by atoms with Crippen molar-refractivity contribution in [1.29, 1.82) is 0 Å². The molecule has 0 fully saturated rings. The van der Waals surface area contributed by atoms with E-state index in [9.17, 15) is 8.78 Å². The molecule has 0 unspecified atom stereocenters. The molecule has 0 aliphatic carbocycles. The summed E-state index contributed by atoms with van der Waals surface area (Å²) in [6.45, 7) is 1.76. The van der Waals surface area contributed by atoms with Crippen molar-refractivity contribution >= 4 is 0 Å². The molecule has 0 rings (SSSR count). The van der Waals surface area contributed by atoms with Gasteiger partial charge >= 0.3 is 0 Å². The van der Waals surface area contributed by atoms with E-state index >= 15 is 0 Å². The zero-order valence-corrected chi connectivity index (χ0v) is 3.25. The van der Waals surface area contributed by atoms with Crippen molar-refractivity contribution in [3.8, 4) is 0 Å². The molecule has 0 atom stereocenters. The second-order valence-corrected chi connectivity index (χ2v) is 1.06. The van der Waals surface area contributed by atoms with Gasteiger partial charge in [-0.15, -0.1) is 0 Å². The Kier molecular flexibility index (Phi) is 1.47. The molecule has 2 N–H and O–H groups in total.